The lowest BCUT2D eigenvalue weighted by atomic mass is 10.1. The van der Waals surface area contributed by atoms with E-state index in [2.05, 4.69) is 0 Å². The van der Waals surface area contributed by atoms with Crippen LogP contribution in [0.25, 0.3) is 0 Å². The van der Waals surface area contributed by atoms with E-state index in [0.717, 1.165) is 5.56 Å². The standard InChI is InChI=1S/C13H20N4O2/c1-9(13(16)19)6-17(8-12(15)18)7-10-2-4-11(14)5-3-10/h2-5,9H,6-8,14H2,1H3,(H2,15,18)(H2,16,19). The van der Waals surface area contributed by atoms with Crippen LogP contribution in [0.2, 0.25) is 0 Å². The quantitative estimate of drug-likeness (QED) is 0.585. The van der Waals surface area contributed by atoms with Gasteiger partial charge >= 0.3 is 0 Å². The fourth-order valence-corrected chi connectivity index (χ4v) is 1.76. The number of anilines is 1. The first kappa shape index (κ1) is 15.0. The Morgan fingerprint density at radius 2 is 1.79 bits per heavy atom. The second-order valence-electron chi connectivity index (χ2n) is 4.68. The zero-order valence-electron chi connectivity index (χ0n) is 11.0. The molecule has 0 fully saturated rings. The molecule has 0 saturated carbocycles. The third kappa shape index (κ3) is 5.39. The fourth-order valence-electron chi connectivity index (χ4n) is 1.76. The Hall–Kier alpha value is -2.08. The van der Waals surface area contributed by atoms with Gasteiger partial charge < -0.3 is 17.2 Å². The van der Waals surface area contributed by atoms with Crippen molar-refractivity contribution in [1.29, 1.82) is 0 Å². The van der Waals surface area contributed by atoms with Gasteiger partial charge in [-0.2, -0.15) is 0 Å². The largest absolute Gasteiger partial charge is 0.399 e. The highest BCUT2D eigenvalue weighted by Gasteiger charge is 2.16. The number of carbonyl (C=O) groups excluding carboxylic acids is 2. The Morgan fingerprint density at radius 3 is 2.26 bits per heavy atom. The van der Waals surface area contributed by atoms with Gasteiger partial charge in [0.25, 0.3) is 0 Å². The summed E-state index contributed by atoms with van der Waals surface area (Å²) >= 11 is 0. The lowest BCUT2D eigenvalue weighted by Crippen LogP contribution is -2.39. The molecule has 6 heteroatoms. The highest BCUT2D eigenvalue weighted by molar-refractivity contribution is 5.77. The van der Waals surface area contributed by atoms with Crippen molar-refractivity contribution in [3.05, 3.63) is 29.8 Å². The topological polar surface area (TPSA) is 115 Å². The van der Waals surface area contributed by atoms with Crippen LogP contribution < -0.4 is 17.2 Å². The summed E-state index contributed by atoms with van der Waals surface area (Å²) in [6.45, 7) is 2.71. The Morgan fingerprint density at radius 1 is 1.21 bits per heavy atom. The Kier molecular flexibility index (Phi) is 5.32. The van der Waals surface area contributed by atoms with Crippen molar-refractivity contribution < 1.29 is 9.59 Å². The molecule has 0 radical (unpaired) electrons. The van der Waals surface area contributed by atoms with Gasteiger partial charge in [-0.15, -0.1) is 0 Å². The number of nitrogen functional groups attached to an aromatic ring is 1. The molecular formula is C13H20N4O2. The predicted octanol–water partition coefficient (Wildman–Crippen LogP) is -0.322. The third-order valence-electron chi connectivity index (χ3n) is 2.78. The SMILES string of the molecule is CC(CN(CC(N)=O)Cc1ccc(N)cc1)C(N)=O. The van der Waals surface area contributed by atoms with E-state index in [9.17, 15) is 9.59 Å². The fraction of sp³-hybridized carbons (Fsp3) is 0.385. The maximum absolute atomic E-state index is 11.1. The monoisotopic (exact) mass is 264 g/mol. The predicted molar refractivity (Wildman–Crippen MR) is 73.7 cm³/mol. The van der Waals surface area contributed by atoms with E-state index in [1.807, 2.05) is 12.1 Å². The number of nitrogens with zero attached hydrogens (tertiary/aromatic N) is 1. The normalized spacial score (nSPS) is 12.3. The maximum atomic E-state index is 11.1. The van der Waals surface area contributed by atoms with Gasteiger partial charge in [0.1, 0.15) is 0 Å². The van der Waals surface area contributed by atoms with E-state index in [-0.39, 0.29) is 12.5 Å². The molecule has 0 aliphatic carbocycles. The summed E-state index contributed by atoms with van der Waals surface area (Å²) in [5.41, 5.74) is 17.7. The van der Waals surface area contributed by atoms with Crippen molar-refractivity contribution >= 4 is 17.5 Å². The number of carbonyl (C=O) groups is 2. The molecule has 0 aliphatic rings. The second kappa shape index (κ2) is 6.75. The van der Waals surface area contributed by atoms with Crippen molar-refractivity contribution in [2.75, 3.05) is 18.8 Å². The number of benzene rings is 1. The molecule has 1 unspecified atom stereocenters. The lowest BCUT2D eigenvalue weighted by molar-refractivity contribution is -0.124. The number of hydrogen-bond donors (Lipinski definition) is 3. The molecule has 1 aromatic carbocycles. The summed E-state index contributed by atoms with van der Waals surface area (Å²) < 4.78 is 0. The molecule has 0 aromatic heterocycles. The smallest absolute Gasteiger partial charge is 0.231 e. The summed E-state index contributed by atoms with van der Waals surface area (Å²) in [5.74, 6) is -1.17. The molecule has 6 N–H and O–H groups in total. The van der Waals surface area contributed by atoms with Crippen LogP contribution in [-0.4, -0.2) is 29.8 Å². The highest BCUT2D eigenvalue weighted by Crippen LogP contribution is 2.10. The summed E-state index contributed by atoms with van der Waals surface area (Å²) in [6, 6.07) is 7.32. The van der Waals surface area contributed by atoms with Crippen LogP contribution in [0.15, 0.2) is 24.3 Å². The maximum Gasteiger partial charge on any atom is 0.231 e. The average Bonchev–Trinajstić information content (AvgIpc) is 2.31. The van der Waals surface area contributed by atoms with E-state index < -0.39 is 11.8 Å². The molecule has 0 aliphatic heterocycles. The molecule has 0 heterocycles. The van der Waals surface area contributed by atoms with Crippen LogP contribution >= 0.6 is 0 Å². The van der Waals surface area contributed by atoms with E-state index in [1.165, 1.54) is 0 Å². The van der Waals surface area contributed by atoms with Gasteiger partial charge in [-0.1, -0.05) is 19.1 Å². The Balaban J connectivity index is 2.71. The van der Waals surface area contributed by atoms with Crippen molar-refractivity contribution in [2.24, 2.45) is 17.4 Å². The molecule has 104 valence electrons. The zero-order valence-corrected chi connectivity index (χ0v) is 11.0. The van der Waals surface area contributed by atoms with Crippen LogP contribution in [0, 0.1) is 5.92 Å². The van der Waals surface area contributed by atoms with Gasteiger partial charge in [-0.3, -0.25) is 14.5 Å². The molecular weight excluding hydrogens is 244 g/mol. The molecule has 0 saturated heterocycles. The first-order valence-corrected chi connectivity index (χ1v) is 6.03. The summed E-state index contributed by atoms with van der Waals surface area (Å²) in [5, 5.41) is 0. The molecule has 1 aromatic rings. The molecule has 19 heavy (non-hydrogen) atoms. The van der Waals surface area contributed by atoms with Crippen molar-refractivity contribution in [2.45, 2.75) is 13.5 Å². The van der Waals surface area contributed by atoms with Gasteiger partial charge in [0.15, 0.2) is 0 Å². The number of hydrogen-bond acceptors (Lipinski definition) is 4. The molecule has 6 nitrogen and oxygen atoms in total. The summed E-state index contributed by atoms with van der Waals surface area (Å²) in [4.78, 5) is 23.9. The van der Waals surface area contributed by atoms with Crippen LogP contribution in [0.5, 0.6) is 0 Å². The number of rotatable bonds is 7. The van der Waals surface area contributed by atoms with Gasteiger partial charge in [0.05, 0.1) is 6.54 Å². The van der Waals surface area contributed by atoms with Crippen molar-refractivity contribution in [3.8, 4) is 0 Å². The average molecular weight is 264 g/mol. The van der Waals surface area contributed by atoms with Gasteiger partial charge in [0.2, 0.25) is 11.8 Å². The first-order chi connectivity index (χ1) is 8.88. The van der Waals surface area contributed by atoms with Gasteiger partial charge in [-0.05, 0) is 17.7 Å². The van der Waals surface area contributed by atoms with Crippen molar-refractivity contribution in [3.63, 3.8) is 0 Å². The van der Waals surface area contributed by atoms with Crippen LogP contribution in [0.1, 0.15) is 12.5 Å². The van der Waals surface area contributed by atoms with Gasteiger partial charge in [-0.25, -0.2) is 0 Å². The minimum absolute atomic E-state index is 0.0853. The van der Waals surface area contributed by atoms with E-state index in [1.54, 1.807) is 24.0 Å². The first-order valence-electron chi connectivity index (χ1n) is 6.03. The summed E-state index contributed by atoms with van der Waals surface area (Å²) in [6.07, 6.45) is 0. The van der Waals surface area contributed by atoms with E-state index >= 15 is 0 Å². The zero-order chi connectivity index (χ0) is 14.4. The number of nitrogens with two attached hydrogens (primary N) is 3. The van der Waals surface area contributed by atoms with Crippen LogP contribution in [-0.2, 0) is 16.1 Å². The lowest BCUT2D eigenvalue weighted by Gasteiger charge is -2.23. The number of primary amides is 2. The molecule has 0 spiro atoms. The number of amides is 2. The molecule has 2 amide bonds. The Labute approximate surface area is 112 Å². The van der Waals surface area contributed by atoms with Crippen LogP contribution in [0.3, 0.4) is 0 Å². The van der Waals surface area contributed by atoms with Crippen LogP contribution in [0.4, 0.5) is 5.69 Å². The minimum Gasteiger partial charge on any atom is -0.399 e. The van der Waals surface area contributed by atoms with E-state index in [4.69, 9.17) is 17.2 Å². The second-order valence-corrected chi connectivity index (χ2v) is 4.68. The molecule has 1 atom stereocenters. The summed E-state index contributed by atoms with van der Waals surface area (Å²) in [7, 11) is 0. The highest BCUT2D eigenvalue weighted by atomic mass is 16.1. The molecule has 1 rings (SSSR count). The van der Waals surface area contributed by atoms with E-state index in [0.29, 0.717) is 18.8 Å². The minimum atomic E-state index is -0.438. The molecule has 0 bridgehead atoms. The third-order valence-corrected chi connectivity index (χ3v) is 2.78. The Bertz CT molecular complexity index is 444. The van der Waals surface area contributed by atoms with Crippen molar-refractivity contribution in [1.82, 2.24) is 4.90 Å². The van der Waals surface area contributed by atoms with Gasteiger partial charge in [0, 0.05) is 24.7 Å².